The number of hydrogen-bond donors (Lipinski definition) is 0. The van der Waals surface area contributed by atoms with Crippen LogP contribution in [0.15, 0.2) is 65.1 Å². The number of epoxide rings is 1. The smallest absolute Gasteiger partial charge is 0.187 e. The van der Waals surface area contributed by atoms with E-state index < -0.39 is 0 Å². The van der Waals surface area contributed by atoms with E-state index in [9.17, 15) is 4.79 Å². The maximum Gasteiger partial charge on any atom is 0.187 e. The van der Waals surface area contributed by atoms with E-state index in [1.807, 2.05) is 60.7 Å². The lowest BCUT2D eigenvalue weighted by atomic mass is 10.1. The molecule has 0 aromatic heterocycles. The Balaban J connectivity index is 1.64. The zero-order valence-electron chi connectivity index (χ0n) is 10.7. The number of benzene rings is 2. The van der Waals surface area contributed by atoms with Crippen LogP contribution in [0.1, 0.15) is 17.2 Å². The summed E-state index contributed by atoms with van der Waals surface area (Å²) in [5, 5.41) is 0. The topological polar surface area (TPSA) is 29.6 Å². The van der Waals surface area contributed by atoms with Crippen LogP contribution in [0.5, 0.6) is 0 Å². The zero-order chi connectivity index (χ0) is 13.9. The second kappa shape index (κ2) is 5.73. The lowest BCUT2D eigenvalue weighted by Gasteiger charge is -1.94. The zero-order valence-corrected chi connectivity index (χ0v) is 12.3. The van der Waals surface area contributed by atoms with Crippen molar-refractivity contribution in [1.82, 2.24) is 0 Å². The van der Waals surface area contributed by atoms with Gasteiger partial charge in [0.05, 0.1) is 0 Å². The fraction of sp³-hybridized carbons (Fsp3) is 0.118. The van der Waals surface area contributed by atoms with Crippen LogP contribution in [0.25, 0.3) is 6.08 Å². The van der Waals surface area contributed by atoms with Crippen LogP contribution in [0.3, 0.4) is 0 Å². The van der Waals surface area contributed by atoms with Gasteiger partial charge in [-0.2, -0.15) is 0 Å². The van der Waals surface area contributed by atoms with Gasteiger partial charge < -0.3 is 4.74 Å². The Morgan fingerprint density at radius 3 is 2.65 bits per heavy atom. The van der Waals surface area contributed by atoms with E-state index in [0.717, 1.165) is 15.6 Å². The Labute approximate surface area is 126 Å². The van der Waals surface area contributed by atoms with Crippen LogP contribution in [0.2, 0.25) is 0 Å². The molecule has 1 aliphatic rings. The Morgan fingerprint density at radius 2 is 1.90 bits per heavy atom. The molecule has 2 aromatic carbocycles. The summed E-state index contributed by atoms with van der Waals surface area (Å²) in [5.41, 5.74) is 2.05. The van der Waals surface area contributed by atoms with E-state index in [-0.39, 0.29) is 18.0 Å². The molecule has 2 aromatic rings. The van der Waals surface area contributed by atoms with Gasteiger partial charge in [0.15, 0.2) is 11.9 Å². The minimum Gasteiger partial charge on any atom is -0.356 e. The molecule has 1 saturated heterocycles. The molecule has 3 heteroatoms. The largest absolute Gasteiger partial charge is 0.356 e. The fourth-order valence-electron chi connectivity index (χ4n) is 2.11. The first kappa shape index (κ1) is 13.3. The molecule has 100 valence electrons. The lowest BCUT2D eigenvalue weighted by molar-refractivity contribution is -0.115. The summed E-state index contributed by atoms with van der Waals surface area (Å²) >= 11 is 3.41. The molecule has 3 rings (SSSR count). The third-order valence-electron chi connectivity index (χ3n) is 3.19. The van der Waals surface area contributed by atoms with Gasteiger partial charge >= 0.3 is 0 Å². The molecule has 2 nitrogen and oxygen atoms in total. The second-order valence-corrected chi connectivity index (χ2v) is 5.59. The first-order valence-corrected chi connectivity index (χ1v) is 7.21. The SMILES string of the molecule is O=C(/C=C/c1cccc(Br)c1)[C@@H]1O[C@H]1c1ccccc1. The molecule has 1 fully saturated rings. The van der Waals surface area contributed by atoms with Crippen molar-refractivity contribution in [1.29, 1.82) is 0 Å². The second-order valence-electron chi connectivity index (χ2n) is 4.68. The molecule has 0 unspecified atom stereocenters. The molecular weight excluding hydrogens is 316 g/mol. The highest BCUT2D eigenvalue weighted by Gasteiger charge is 2.44. The molecule has 2 atom stereocenters. The van der Waals surface area contributed by atoms with E-state index >= 15 is 0 Å². The molecule has 0 saturated carbocycles. The third-order valence-corrected chi connectivity index (χ3v) is 3.68. The number of hydrogen-bond acceptors (Lipinski definition) is 2. The number of carbonyl (C=O) groups is 1. The number of ether oxygens (including phenoxy) is 1. The van der Waals surface area contributed by atoms with Crippen molar-refractivity contribution in [2.75, 3.05) is 0 Å². The van der Waals surface area contributed by atoms with Gasteiger partial charge in [0, 0.05) is 4.47 Å². The molecule has 0 spiro atoms. The number of halogens is 1. The van der Waals surface area contributed by atoms with Crippen LogP contribution in [-0.4, -0.2) is 11.9 Å². The van der Waals surface area contributed by atoms with Crippen molar-refractivity contribution in [2.45, 2.75) is 12.2 Å². The van der Waals surface area contributed by atoms with Gasteiger partial charge in [0.1, 0.15) is 6.10 Å². The van der Waals surface area contributed by atoms with Crippen molar-refractivity contribution in [3.63, 3.8) is 0 Å². The van der Waals surface area contributed by atoms with Gasteiger partial charge in [0.25, 0.3) is 0 Å². The minimum absolute atomic E-state index is 0.0128. The standard InChI is InChI=1S/C17H13BrO2/c18-14-8-4-5-12(11-14)9-10-15(19)17-16(20-17)13-6-2-1-3-7-13/h1-11,16-17H/b10-9+/t16-,17-/m0/s1. The molecule has 0 bridgehead atoms. The van der Waals surface area contributed by atoms with Gasteiger partial charge in [0.2, 0.25) is 0 Å². The normalized spacial score (nSPS) is 21.1. The summed E-state index contributed by atoms with van der Waals surface area (Å²) in [5.74, 6) is 0.0128. The van der Waals surface area contributed by atoms with Crippen molar-refractivity contribution in [2.24, 2.45) is 0 Å². The fourth-order valence-corrected chi connectivity index (χ4v) is 2.53. The summed E-state index contributed by atoms with van der Waals surface area (Å²) in [4.78, 5) is 12.0. The van der Waals surface area contributed by atoms with Crippen molar-refractivity contribution >= 4 is 27.8 Å². The van der Waals surface area contributed by atoms with Gasteiger partial charge in [-0.3, -0.25) is 4.79 Å². The molecule has 20 heavy (non-hydrogen) atoms. The first-order valence-electron chi connectivity index (χ1n) is 6.42. The Kier molecular flexibility index (Phi) is 3.81. The molecule has 1 heterocycles. The maximum absolute atomic E-state index is 12.0. The monoisotopic (exact) mass is 328 g/mol. The van der Waals surface area contributed by atoms with E-state index in [1.165, 1.54) is 0 Å². The molecule has 0 N–H and O–H groups in total. The minimum atomic E-state index is -0.333. The van der Waals surface area contributed by atoms with Crippen molar-refractivity contribution in [3.05, 3.63) is 76.3 Å². The summed E-state index contributed by atoms with van der Waals surface area (Å²) in [6.45, 7) is 0. The maximum atomic E-state index is 12.0. The third kappa shape index (κ3) is 3.06. The van der Waals surface area contributed by atoms with Crippen LogP contribution < -0.4 is 0 Å². The highest BCUT2D eigenvalue weighted by Crippen LogP contribution is 2.39. The van der Waals surface area contributed by atoms with E-state index in [1.54, 1.807) is 6.08 Å². The van der Waals surface area contributed by atoms with Crippen LogP contribution in [0.4, 0.5) is 0 Å². The predicted molar refractivity (Wildman–Crippen MR) is 82.2 cm³/mol. The molecule has 0 aliphatic carbocycles. The molecule has 0 amide bonds. The highest BCUT2D eigenvalue weighted by molar-refractivity contribution is 9.10. The van der Waals surface area contributed by atoms with Crippen molar-refractivity contribution < 1.29 is 9.53 Å². The predicted octanol–water partition coefficient (Wildman–Crippen LogP) is 4.17. The molecular formula is C17H13BrO2. The van der Waals surface area contributed by atoms with Crippen LogP contribution in [-0.2, 0) is 9.53 Å². The summed E-state index contributed by atoms with van der Waals surface area (Å²) in [6.07, 6.45) is 2.99. The highest BCUT2D eigenvalue weighted by atomic mass is 79.9. The van der Waals surface area contributed by atoms with Crippen LogP contribution >= 0.6 is 15.9 Å². The molecule has 0 radical (unpaired) electrons. The number of rotatable bonds is 4. The summed E-state index contributed by atoms with van der Waals surface area (Å²) < 4.78 is 6.46. The Hall–Kier alpha value is -1.71. The van der Waals surface area contributed by atoms with Crippen LogP contribution in [0, 0.1) is 0 Å². The van der Waals surface area contributed by atoms with E-state index in [4.69, 9.17) is 4.74 Å². The van der Waals surface area contributed by atoms with Gasteiger partial charge in [-0.15, -0.1) is 0 Å². The van der Waals surface area contributed by atoms with E-state index in [2.05, 4.69) is 15.9 Å². The lowest BCUT2D eigenvalue weighted by Crippen LogP contribution is -2.03. The Morgan fingerprint density at radius 1 is 1.10 bits per heavy atom. The van der Waals surface area contributed by atoms with Gasteiger partial charge in [-0.05, 0) is 29.3 Å². The number of carbonyl (C=O) groups excluding carboxylic acids is 1. The summed E-state index contributed by atoms with van der Waals surface area (Å²) in [7, 11) is 0. The average Bonchev–Trinajstić information content (AvgIpc) is 3.26. The number of ketones is 1. The molecule has 1 aliphatic heterocycles. The van der Waals surface area contributed by atoms with Gasteiger partial charge in [-0.1, -0.05) is 64.5 Å². The summed E-state index contributed by atoms with van der Waals surface area (Å²) in [6, 6.07) is 17.6. The average molecular weight is 329 g/mol. The Bertz CT molecular complexity index is 649. The van der Waals surface area contributed by atoms with Gasteiger partial charge in [-0.25, -0.2) is 0 Å². The van der Waals surface area contributed by atoms with Crippen molar-refractivity contribution in [3.8, 4) is 0 Å². The van der Waals surface area contributed by atoms with E-state index in [0.29, 0.717) is 0 Å². The quantitative estimate of drug-likeness (QED) is 0.622. The first-order chi connectivity index (χ1) is 9.74.